The van der Waals surface area contributed by atoms with E-state index in [9.17, 15) is 14.4 Å². The highest BCUT2D eigenvalue weighted by Gasteiger charge is 2.71. The Bertz CT molecular complexity index is 985. The summed E-state index contributed by atoms with van der Waals surface area (Å²) in [6.45, 7) is 18.8. The topological polar surface area (TPSA) is 97.4 Å². The standard InChI is InChI=1S/C30H44O8/c1-10-17(3)12-13-29(8)19(5)14-25(34-9)30-23(27(35-20(6)31)38-28(30)36-21(7)32)15-22(16-24(29)30)37-26(33)18(4)11-2/h10,15,18-19,22,24-25,27-28H,1,3,11-14,16H2,2,4-9H3/t18?,19-,22+,24+,25+,27-,28+,29-,30-/m1/s1. The Hall–Kier alpha value is -2.45. The maximum absolute atomic E-state index is 12.9. The number of hydrogen-bond acceptors (Lipinski definition) is 8. The molecule has 1 saturated heterocycles. The summed E-state index contributed by atoms with van der Waals surface area (Å²) in [6, 6.07) is 0. The lowest BCUT2D eigenvalue weighted by Gasteiger charge is -2.61. The Kier molecular flexibility index (Phi) is 9.30. The van der Waals surface area contributed by atoms with Crippen LogP contribution in [0.25, 0.3) is 0 Å². The molecule has 1 spiro atoms. The Morgan fingerprint density at radius 3 is 2.39 bits per heavy atom. The van der Waals surface area contributed by atoms with Crippen molar-refractivity contribution < 1.29 is 38.1 Å². The highest BCUT2D eigenvalue weighted by atomic mass is 16.8. The quantitative estimate of drug-likeness (QED) is 0.162. The maximum Gasteiger partial charge on any atom is 0.309 e. The zero-order chi connectivity index (χ0) is 28.4. The van der Waals surface area contributed by atoms with Crippen LogP contribution in [-0.2, 0) is 38.1 Å². The van der Waals surface area contributed by atoms with Gasteiger partial charge in [-0.05, 0) is 55.4 Å². The molecule has 0 radical (unpaired) electrons. The predicted molar refractivity (Wildman–Crippen MR) is 141 cm³/mol. The molecule has 212 valence electrons. The van der Waals surface area contributed by atoms with E-state index in [4.69, 9.17) is 23.7 Å². The van der Waals surface area contributed by atoms with Gasteiger partial charge in [-0.15, -0.1) is 0 Å². The second kappa shape index (κ2) is 11.7. The van der Waals surface area contributed by atoms with Crippen LogP contribution < -0.4 is 0 Å². The highest BCUT2D eigenvalue weighted by molar-refractivity contribution is 5.72. The minimum atomic E-state index is -1.09. The molecule has 8 heteroatoms. The minimum absolute atomic E-state index is 0.194. The number of esters is 3. The highest BCUT2D eigenvalue weighted by Crippen LogP contribution is 2.68. The molecule has 0 aromatic heterocycles. The van der Waals surface area contributed by atoms with Gasteiger partial charge in [0.05, 0.1) is 17.4 Å². The predicted octanol–water partition coefficient (Wildman–Crippen LogP) is 5.27. The van der Waals surface area contributed by atoms with Gasteiger partial charge in [-0.1, -0.05) is 52.5 Å². The molecule has 8 nitrogen and oxygen atoms in total. The molecule has 0 N–H and O–H groups in total. The summed E-state index contributed by atoms with van der Waals surface area (Å²) in [7, 11) is 1.64. The van der Waals surface area contributed by atoms with E-state index in [1.165, 1.54) is 13.8 Å². The first kappa shape index (κ1) is 30.1. The lowest BCUT2D eigenvalue weighted by molar-refractivity contribution is -0.258. The van der Waals surface area contributed by atoms with Crippen LogP contribution in [0.15, 0.2) is 36.5 Å². The van der Waals surface area contributed by atoms with Crippen molar-refractivity contribution >= 4 is 17.9 Å². The van der Waals surface area contributed by atoms with Gasteiger partial charge in [0, 0.05) is 26.5 Å². The summed E-state index contributed by atoms with van der Waals surface area (Å²) in [4.78, 5) is 37.3. The SMILES string of the molecule is C=CC(=C)CC[C@]1(C)[C@H](C)C[C@H](OC)[C@@]23C(=C[C@H](OC(=O)C(C)CC)C[C@@H]12)[C@H](OC(C)=O)O[C@@H]3OC(C)=O. The second-order valence-corrected chi connectivity index (χ2v) is 11.4. The van der Waals surface area contributed by atoms with E-state index in [0.717, 1.165) is 18.4 Å². The Labute approximate surface area is 226 Å². The van der Waals surface area contributed by atoms with Crippen LogP contribution >= 0.6 is 0 Å². The smallest absolute Gasteiger partial charge is 0.309 e. The summed E-state index contributed by atoms with van der Waals surface area (Å²) in [5, 5.41) is 0. The number of carbonyl (C=O) groups is 3. The fourth-order valence-corrected chi connectivity index (χ4v) is 6.70. The van der Waals surface area contributed by atoms with Gasteiger partial charge >= 0.3 is 17.9 Å². The van der Waals surface area contributed by atoms with Crippen molar-refractivity contribution in [2.75, 3.05) is 7.11 Å². The number of allylic oxidation sites excluding steroid dienone is 2. The first-order valence-corrected chi connectivity index (χ1v) is 13.6. The van der Waals surface area contributed by atoms with Gasteiger partial charge in [0.1, 0.15) is 6.10 Å². The van der Waals surface area contributed by atoms with E-state index in [0.29, 0.717) is 24.8 Å². The van der Waals surface area contributed by atoms with Crippen molar-refractivity contribution in [1.82, 2.24) is 0 Å². The zero-order valence-corrected chi connectivity index (χ0v) is 23.9. The summed E-state index contributed by atoms with van der Waals surface area (Å²) < 4.78 is 29.8. The van der Waals surface area contributed by atoms with Crippen LogP contribution in [-0.4, -0.2) is 49.8 Å². The minimum Gasteiger partial charge on any atom is -0.458 e. The summed E-state index contributed by atoms with van der Waals surface area (Å²) in [5.41, 5.74) is 0.319. The average molecular weight is 533 g/mol. The molecule has 0 aromatic rings. The normalized spacial score (nSPS) is 36.7. The molecule has 0 bridgehead atoms. The van der Waals surface area contributed by atoms with Gasteiger partial charge < -0.3 is 18.9 Å². The van der Waals surface area contributed by atoms with E-state index in [1.54, 1.807) is 13.2 Å². The molecule has 3 aliphatic rings. The van der Waals surface area contributed by atoms with Gasteiger partial charge in [-0.3, -0.25) is 19.1 Å². The first-order chi connectivity index (χ1) is 17.8. The lowest BCUT2D eigenvalue weighted by Crippen LogP contribution is -2.63. The molecular formula is C30H44O8. The number of rotatable bonds is 10. The van der Waals surface area contributed by atoms with Gasteiger partial charge in [0.25, 0.3) is 0 Å². The molecule has 2 aliphatic carbocycles. The molecule has 1 unspecified atom stereocenters. The Morgan fingerprint density at radius 2 is 1.84 bits per heavy atom. The molecule has 38 heavy (non-hydrogen) atoms. The van der Waals surface area contributed by atoms with Crippen molar-refractivity contribution in [3.05, 3.63) is 36.5 Å². The molecule has 2 fully saturated rings. The summed E-state index contributed by atoms with van der Waals surface area (Å²) >= 11 is 0. The average Bonchev–Trinajstić information content (AvgIpc) is 3.15. The molecule has 1 saturated carbocycles. The van der Waals surface area contributed by atoms with Gasteiger partial charge in [0.15, 0.2) is 0 Å². The molecule has 3 rings (SSSR count). The lowest BCUT2D eigenvalue weighted by atomic mass is 9.45. The van der Waals surface area contributed by atoms with Crippen molar-refractivity contribution in [3.63, 3.8) is 0 Å². The first-order valence-electron chi connectivity index (χ1n) is 13.6. The van der Waals surface area contributed by atoms with Crippen LogP contribution in [0.2, 0.25) is 0 Å². The zero-order valence-electron chi connectivity index (χ0n) is 23.9. The van der Waals surface area contributed by atoms with Gasteiger partial charge in [-0.25, -0.2) is 0 Å². The third-order valence-corrected chi connectivity index (χ3v) is 9.21. The number of hydrogen-bond donors (Lipinski definition) is 0. The van der Waals surface area contributed by atoms with Crippen molar-refractivity contribution in [2.24, 2.45) is 28.6 Å². The van der Waals surface area contributed by atoms with Crippen LogP contribution in [0.3, 0.4) is 0 Å². The monoisotopic (exact) mass is 532 g/mol. The second-order valence-electron chi connectivity index (χ2n) is 11.4. The van der Waals surface area contributed by atoms with E-state index >= 15 is 0 Å². The molecule has 1 heterocycles. The summed E-state index contributed by atoms with van der Waals surface area (Å²) in [6.07, 6.45) is 3.86. The largest absolute Gasteiger partial charge is 0.458 e. The van der Waals surface area contributed by atoms with Crippen molar-refractivity contribution in [1.29, 1.82) is 0 Å². The van der Waals surface area contributed by atoms with Crippen LogP contribution in [0.5, 0.6) is 0 Å². The van der Waals surface area contributed by atoms with Crippen molar-refractivity contribution in [3.8, 4) is 0 Å². The number of ether oxygens (including phenoxy) is 5. The fourth-order valence-electron chi connectivity index (χ4n) is 6.70. The fraction of sp³-hybridized carbons (Fsp3) is 0.700. The van der Waals surface area contributed by atoms with E-state index in [-0.39, 0.29) is 35.2 Å². The third-order valence-electron chi connectivity index (χ3n) is 9.21. The van der Waals surface area contributed by atoms with E-state index in [2.05, 4.69) is 27.0 Å². The van der Waals surface area contributed by atoms with Crippen LogP contribution in [0.1, 0.15) is 73.6 Å². The van der Waals surface area contributed by atoms with E-state index in [1.807, 2.05) is 19.9 Å². The molecular weight excluding hydrogens is 488 g/mol. The summed E-state index contributed by atoms with van der Waals surface area (Å²) in [5.74, 6) is -1.57. The molecule has 0 aromatic carbocycles. The van der Waals surface area contributed by atoms with E-state index < -0.39 is 36.0 Å². The van der Waals surface area contributed by atoms with Gasteiger partial charge in [-0.2, -0.15) is 0 Å². The van der Waals surface area contributed by atoms with Gasteiger partial charge in [0.2, 0.25) is 12.6 Å². The van der Waals surface area contributed by atoms with Crippen LogP contribution in [0.4, 0.5) is 0 Å². The van der Waals surface area contributed by atoms with Crippen LogP contribution in [0, 0.1) is 28.6 Å². The molecule has 9 atom stereocenters. The molecule has 1 aliphatic heterocycles. The number of carbonyl (C=O) groups excluding carboxylic acids is 3. The maximum atomic E-state index is 12.9. The van der Waals surface area contributed by atoms with Crippen molar-refractivity contribution in [2.45, 2.75) is 98.4 Å². The molecule has 0 amide bonds. The Balaban J connectivity index is 2.22. The number of methoxy groups -OCH3 is 1. The Morgan fingerprint density at radius 1 is 1.18 bits per heavy atom. The third kappa shape index (κ3) is 5.34.